The maximum Gasteiger partial charge on any atom is 0.137 e. The molecule has 1 N–H and O–H groups in total. The van der Waals surface area contributed by atoms with E-state index in [2.05, 4.69) is 5.32 Å². The van der Waals surface area contributed by atoms with Gasteiger partial charge in [-0.05, 0) is 43.5 Å². The molecular weight excluding hydrogens is 190 g/mol. The van der Waals surface area contributed by atoms with E-state index in [1.807, 2.05) is 6.07 Å². The molecule has 0 bridgehead atoms. The van der Waals surface area contributed by atoms with E-state index >= 15 is 0 Å². The quantitative estimate of drug-likeness (QED) is 0.818. The molecule has 3 nitrogen and oxygen atoms in total. The minimum Gasteiger partial charge on any atom is -0.472 e. The summed E-state index contributed by atoms with van der Waals surface area (Å²) in [5.41, 5.74) is 0.990. The Bertz CT molecular complexity index is 299. The highest BCUT2D eigenvalue weighted by Crippen LogP contribution is 2.15. The summed E-state index contributed by atoms with van der Waals surface area (Å²) in [4.78, 5) is 11.7. The molecule has 0 radical (unpaired) electrons. The van der Waals surface area contributed by atoms with E-state index in [1.165, 1.54) is 12.8 Å². The van der Waals surface area contributed by atoms with Gasteiger partial charge in [-0.1, -0.05) is 0 Å². The fourth-order valence-corrected chi connectivity index (χ4v) is 2.11. The molecule has 0 aliphatic carbocycles. The van der Waals surface area contributed by atoms with Crippen molar-refractivity contribution in [2.24, 2.45) is 5.92 Å². The first-order chi connectivity index (χ1) is 7.34. The van der Waals surface area contributed by atoms with Gasteiger partial charge in [0, 0.05) is 12.8 Å². The first kappa shape index (κ1) is 10.4. The van der Waals surface area contributed by atoms with Crippen LogP contribution in [0.15, 0.2) is 23.0 Å². The standard InChI is InChI=1S/C12H17NO2/c14-12(7-11-3-5-15-9-11)6-10-2-1-4-13-8-10/h3,5,9-10,13H,1-2,4,6-8H2. The summed E-state index contributed by atoms with van der Waals surface area (Å²) in [6.07, 6.45) is 6.88. The summed E-state index contributed by atoms with van der Waals surface area (Å²) in [7, 11) is 0. The van der Waals surface area contributed by atoms with Crippen molar-refractivity contribution < 1.29 is 9.21 Å². The van der Waals surface area contributed by atoms with Gasteiger partial charge in [0.2, 0.25) is 0 Å². The fraction of sp³-hybridized carbons (Fsp3) is 0.583. The smallest absolute Gasteiger partial charge is 0.137 e. The van der Waals surface area contributed by atoms with Crippen LogP contribution < -0.4 is 5.32 Å². The molecule has 15 heavy (non-hydrogen) atoms. The number of carbonyl (C=O) groups is 1. The molecule has 82 valence electrons. The van der Waals surface area contributed by atoms with Gasteiger partial charge in [-0.15, -0.1) is 0 Å². The number of hydrogen-bond acceptors (Lipinski definition) is 3. The Labute approximate surface area is 89.9 Å². The van der Waals surface area contributed by atoms with E-state index in [0.29, 0.717) is 24.5 Å². The van der Waals surface area contributed by atoms with Crippen LogP contribution in [0.4, 0.5) is 0 Å². The Morgan fingerprint density at radius 1 is 1.60 bits per heavy atom. The lowest BCUT2D eigenvalue weighted by atomic mass is 9.92. The normalized spacial score (nSPS) is 21.5. The van der Waals surface area contributed by atoms with Crippen molar-refractivity contribution in [3.63, 3.8) is 0 Å². The van der Waals surface area contributed by atoms with E-state index in [9.17, 15) is 4.79 Å². The van der Waals surface area contributed by atoms with Crippen molar-refractivity contribution in [1.82, 2.24) is 5.32 Å². The van der Waals surface area contributed by atoms with Crippen molar-refractivity contribution in [1.29, 1.82) is 0 Å². The maximum atomic E-state index is 11.7. The molecule has 0 amide bonds. The number of Topliss-reactive ketones (excluding diaryl/α,β-unsaturated/α-hetero) is 1. The minimum atomic E-state index is 0.324. The molecular formula is C12H17NO2. The summed E-state index contributed by atoms with van der Waals surface area (Å²) < 4.78 is 4.94. The summed E-state index contributed by atoms with van der Waals surface area (Å²) in [5.74, 6) is 0.864. The summed E-state index contributed by atoms with van der Waals surface area (Å²) in [5, 5.41) is 3.33. The second-order valence-electron chi connectivity index (χ2n) is 4.26. The van der Waals surface area contributed by atoms with Crippen LogP contribution in [0.2, 0.25) is 0 Å². The Morgan fingerprint density at radius 2 is 2.53 bits per heavy atom. The first-order valence-electron chi connectivity index (χ1n) is 5.58. The van der Waals surface area contributed by atoms with Crippen molar-refractivity contribution in [3.8, 4) is 0 Å². The largest absolute Gasteiger partial charge is 0.472 e. The van der Waals surface area contributed by atoms with Crippen LogP contribution in [0, 0.1) is 5.92 Å². The van der Waals surface area contributed by atoms with Gasteiger partial charge in [-0.2, -0.15) is 0 Å². The molecule has 0 aromatic carbocycles. The lowest BCUT2D eigenvalue weighted by Gasteiger charge is -2.21. The lowest BCUT2D eigenvalue weighted by Crippen LogP contribution is -2.31. The van der Waals surface area contributed by atoms with Gasteiger partial charge in [0.15, 0.2) is 0 Å². The average Bonchev–Trinajstić information content (AvgIpc) is 2.71. The minimum absolute atomic E-state index is 0.324. The molecule has 0 saturated carbocycles. The number of nitrogens with one attached hydrogen (secondary N) is 1. The molecule has 1 unspecified atom stereocenters. The van der Waals surface area contributed by atoms with E-state index in [4.69, 9.17) is 4.42 Å². The molecule has 0 spiro atoms. The fourth-order valence-electron chi connectivity index (χ4n) is 2.11. The van der Waals surface area contributed by atoms with Gasteiger partial charge >= 0.3 is 0 Å². The Morgan fingerprint density at radius 3 is 3.20 bits per heavy atom. The van der Waals surface area contributed by atoms with Crippen LogP contribution in [-0.4, -0.2) is 18.9 Å². The van der Waals surface area contributed by atoms with E-state index in [1.54, 1.807) is 12.5 Å². The van der Waals surface area contributed by atoms with Crippen LogP contribution in [-0.2, 0) is 11.2 Å². The highest BCUT2D eigenvalue weighted by atomic mass is 16.3. The first-order valence-corrected chi connectivity index (χ1v) is 5.58. The second kappa shape index (κ2) is 5.12. The Hall–Kier alpha value is -1.09. The van der Waals surface area contributed by atoms with Crippen molar-refractivity contribution in [3.05, 3.63) is 24.2 Å². The molecule has 2 rings (SSSR count). The number of rotatable bonds is 4. The third kappa shape index (κ3) is 3.20. The molecule has 1 atom stereocenters. The van der Waals surface area contributed by atoms with E-state index < -0.39 is 0 Å². The molecule has 1 fully saturated rings. The van der Waals surface area contributed by atoms with Crippen LogP contribution in [0.25, 0.3) is 0 Å². The number of ketones is 1. The number of furan rings is 1. The summed E-state index contributed by atoms with van der Waals surface area (Å²) in [6, 6.07) is 1.86. The topological polar surface area (TPSA) is 42.2 Å². The zero-order valence-corrected chi connectivity index (χ0v) is 8.87. The third-order valence-electron chi connectivity index (χ3n) is 2.90. The van der Waals surface area contributed by atoms with E-state index in [-0.39, 0.29) is 0 Å². The van der Waals surface area contributed by atoms with Gasteiger partial charge < -0.3 is 9.73 Å². The monoisotopic (exact) mass is 207 g/mol. The van der Waals surface area contributed by atoms with Crippen LogP contribution >= 0.6 is 0 Å². The third-order valence-corrected chi connectivity index (χ3v) is 2.90. The molecule has 1 saturated heterocycles. The van der Waals surface area contributed by atoms with Crippen molar-refractivity contribution >= 4 is 5.78 Å². The van der Waals surface area contributed by atoms with Crippen LogP contribution in [0.3, 0.4) is 0 Å². The summed E-state index contributed by atoms with van der Waals surface area (Å²) in [6.45, 7) is 2.10. The van der Waals surface area contributed by atoms with Gasteiger partial charge in [0.05, 0.1) is 12.5 Å². The lowest BCUT2D eigenvalue weighted by molar-refractivity contribution is -0.119. The van der Waals surface area contributed by atoms with Gasteiger partial charge in [-0.25, -0.2) is 0 Å². The second-order valence-corrected chi connectivity index (χ2v) is 4.26. The van der Waals surface area contributed by atoms with Crippen LogP contribution in [0.1, 0.15) is 24.8 Å². The SMILES string of the molecule is O=C(Cc1ccoc1)CC1CCCNC1. The highest BCUT2D eigenvalue weighted by Gasteiger charge is 2.16. The number of hydrogen-bond donors (Lipinski definition) is 1. The predicted molar refractivity (Wildman–Crippen MR) is 57.6 cm³/mol. The summed E-state index contributed by atoms with van der Waals surface area (Å²) >= 11 is 0. The van der Waals surface area contributed by atoms with Crippen LogP contribution in [0.5, 0.6) is 0 Å². The Kier molecular flexibility index (Phi) is 3.56. The predicted octanol–water partition coefficient (Wildman–Crippen LogP) is 1.78. The highest BCUT2D eigenvalue weighted by molar-refractivity contribution is 5.81. The van der Waals surface area contributed by atoms with Crippen molar-refractivity contribution in [2.45, 2.75) is 25.7 Å². The van der Waals surface area contributed by atoms with Gasteiger partial charge in [0.25, 0.3) is 0 Å². The zero-order chi connectivity index (χ0) is 10.5. The maximum absolute atomic E-state index is 11.7. The Balaban J connectivity index is 1.76. The molecule has 1 aliphatic rings. The van der Waals surface area contributed by atoms with E-state index in [0.717, 1.165) is 18.7 Å². The molecule has 1 aromatic rings. The molecule has 2 heterocycles. The van der Waals surface area contributed by atoms with Crippen molar-refractivity contribution in [2.75, 3.05) is 13.1 Å². The van der Waals surface area contributed by atoms with Gasteiger partial charge in [0.1, 0.15) is 5.78 Å². The average molecular weight is 207 g/mol. The van der Waals surface area contributed by atoms with Gasteiger partial charge in [-0.3, -0.25) is 4.79 Å². The zero-order valence-electron chi connectivity index (χ0n) is 8.87. The molecule has 3 heteroatoms. The number of piperidine rings is 1. The molecule has 1 aliphatic heterocycles. The number of carbonyl (C=O) groups excluding carboxylic acids is 1. The molecule has 1 aromatic heterocycles.